The van der Waals surface area contributed by atoms with Crippen LogP contribution in [0.4, 0.5) is 10.1 Å². The molecule has 4 atom stereocenters. The largest absolute Gasteiger partial charge is 0.389 e. The summed E-state index contributed by atoms with van der Waals surface area (Å²) in [6.07, 6.45) is 5.15. The number of piperazine rings is 1. The summed E-state index contributed by atoms with van der Waals surface area (Å²) in [6, 6.07) is 6.70. The third-order valence-electron chi connectivity index (χ3n) is 6.56. The Morgan fingerprint density at radius 3 is 2.50 bits per heavy atom. The Labute approximate surface area is 155 Å². The first-order valence-electron chi connectivity index (χ1n) is 10.2. The van der Waals surface area contributed by atoms with Crippen molar-refractivity contribution < 1.29 is 14.2 Å². The predicted octanol–water partition coefficient (Wildman–Crippen LogP) is 2.76. The van der Waals surface area contributed by atoms with Gasteiger partial charge >= 0.3 is 0 Å². The van der Waals surface area contributed by atoms with Crippen LogP contribution in [0.1, 0.15) is 25.7 Å². The van der Waals surface area contributed by atoms with E-state index in [4.69, 9.17) is 4.74 Å². The molecule has 0 unspecified atom stereocenters. The van der Waals surface area contributed by atoms with E-state index in [-0.39, 0.29) is 5.82 Å². The highest BCUT2D eigenvalue weighted by molar-refractivity contribution is 5.46. The highest BCUT2D eigenvalue weighted by Gasteiger charge is 2.39. The van der Waals surface area contributed by atoms with Gasteiger partial charge in [0.25, 0.3) is 0 Å². The molecule has 0 amide bonds. The summed E-state index contributed by atoms with van der Waals surface area (Å²) >= 11 is 0. The number of hydrogen-bond acceptors (Lipinski definition) is 4. The van der Waals surface area contributed by atoms with Crippen molar-refractivity contribution in [2.45, 2.75) is 31.8 Å². The second kappa shape index (κ2) is 8.24. The van der Waals surface area contributed by atoms with E-state index in [9.17, 15) is 9.50 Å². The van der Waals surface area contributed by atoms with E-state index in [1.54, 1.807) is 0 Å². The summed E-state index contributed by atoms with van der Waals surface area (Å²) in [6.45, 7) is 5.60. The molecule has 1 N–H and O–H groups in total. The molecule has 0 spiro atoms. The van der Waals surface area contributed by atoms with Crippen LogP contribution in [-0.4, -0.2) is 62.0 Å². The Morgan fingerprint density at radius 2 is 1.85 bits per heavy atom. The summed E-state index contributed by atoms with van der Waals surface area (Å²) in [5, 5.41) is 10.3. The average Bonchev–Trinajstić information content (AvgIpc) is 3.26. The van der Waals surface area contributed by atoms with Gasteiger partial charge in [-0.3, -0.25) is 4.90 Å². The summed E-state index contributed by atoms with van der Waals surface area (Å²) in [5.41, 5.74) is 1.07. The van der Waals surface area contributed by atoms with Crippen molar-refractivity contribution in [1.82, 2.24) is 4.90 Å². The van der Waals surface area contributed by atoms with Crippen molar-refractivity contribution in [3.8, 4) is 0 Å². The zero-order chi connectivity index (χ0) is 17.9. The van der Waals surface area contributed by atoms with Crippen LogP contribution in [0.15, 0.2) is 24.3 Å². The van der Waals surface area contributed by atoms with Gasteiger partial charge in [0.15, 0.2) is 0 Å². The topological polar surface area (TPSA) is 35.9 Å². The molecule has 1 aromatic rings. The number of aliphatic hydroxyl groups is 1. The maximum absolute atomic E-state index is 13.0. The predicted molar refractivity (Wildman–Crippen MR) is 101 cm³/mol. The van der Waals surface area contributed by atoms with Gasteiger partial charge in [-0.2, -0.15) is 0 Å². The Kier molecular flexibility index (Phi) is 5.77. The lowest BCUT2D eigenvalue weighted by Gasteiger charge is -2.37. The standard InChI is InChI=1S/C21H31FN2O2/c22-19-3-5-20(6-4-19)24-9-7-23(8-10-24)13-21(25)15-26-14-18-12-16-1-2-17(18)11-16/h3-6,16-18,21,25H,1-2,7-15H2/t16-,17-,18-,21-/m1/s1. The number of nitrogens with zero attached hydrogens (tertiary/aromatic N) is 2. The molecule has 4 nitrogen and oxygen atoms in total. The normalized spacial score (nSPS) is 30.1. The van der Waals surface area contributed by atoms with E-state index >= 15 is 0 Å². The molecule has 5 heteroatoms. The van der Waals surface area contributed by atoms with E-state index in [1.165, 1.54) is 37.8 Å². The molecular weight excluding hydrogens is 331 g/mol. The van der Waals surface area contributed by atoms with Gasteiger partial charge in [0, 0.05) is 45.0 Å². The summed E-state index contributed by atoms with van der Waals surface area (Å²) in [5.74, 6) is 2.38. The maximum atomic E-state index is 13.0. The van der Waals surface area contributed by atoms with Crippen molar-refractivity contribution >= 4 is 5.69 Å². The van der Waals surface area contributed by atoms with E-state index in [2.05, 4.69) is 9.80 Å². The van der Waals surface area contributed by atoms with Gasteiger partial charge in [-0.05, 0) is 61.3 Å². The first kappa shape index (κ1) is 18.2. The average molecular weight is 362 g/mol. The zero-order valence-corrected chi connectivity index (χ0v) is 15.5. The van der Waals surface area contributed by atoms with Gasteiger partial charge in [0.1, 0.15) is 5.82 Å². The number of hydrogen-bond donors (Lipinski definition) is 1. The molecule has 0 radical (unpaired) electrons. The molecule has 1 aromatic carbocycles. The molecule has 2 bridgehead atoms. The molecule has 0 aromatic heterocycles. The molecule has 1 heterocycles. The van der Waals surface area contributed by atoms with Crippen LogP contribution in [0, 0.1) is 23.6 Å². The van der Waals surface area contributed by atoms with Crippen LogP contribution >= 0.6 is 0 Å². The molecule has 144 valence electrons. The Balaban J connectivity index is 1.13. The van der Waals surface area contributed by atoms with Crippen LogP contribution in [0.5, 0.6) is 0 Å². The molecule has 3 aliphatic rings. The Bertz CT molecular complexity index is 574. The number of halogens is 1. The number of benzene rings is 1. The van der Waals surface area contributed by atoms with E-state index in [1.807, 2.05) is 12.1 Å². The first-order chi connectivity index (χ1) is 12.7. The van der Waals surface area contributed by atoms with E-state index in [0.29, 0.717) is 13.2 Å². The van der Waals surface area contributed by atoms with Crippen LogP contribution in [0.25, 0.3) is 0 Å². The van der Waals surface area contributed by atoms with Gasteiger partial charge in [0.05, 0.1) is 12.7 Å². The number of ether oxygens (including phenoxy) is 1. The maximum Gasteiger partial charge on any atom is 0.123 e. The lowest BCUT2D eigenvalue weighted by Crippen LogP contribution is -2.49. The lowest BCUT2D eigenvalue weighted by atomic mass is 9.90. The Morgan fingerprint density at radius 1 is 1.08 bits per heavy atom. The summed E-state index contributed by atoms with van der Waals surface area (Å²) < 4.78 is 18.9. The number of anilines is 1. The fraction of sp³-hybridized carbons (Fsp3) is 0.714. The highest BCUT2D eigenvalue weighted by Crippen LogP contribution is 2.48. The van der Waals surface area contributed by atoms with Crippen molar-refractivity contribution in [2.75, 3.05) is 50.8 Å². The Hall–Kier alpha value is -1.17. The third-order valence-corrected chi connectivity index (χ3v) is 6.56. The zero-order valence-electron chi connectivity index (χ0n) is 15.5. The summed E-state index contributed by atoms with van der Waals surface area (Å²) in [4.78, 5) is 4.57. The van der Waals surface area contributed by atoms with Crippen LogP contribution in [-0.2, 0) is 4.74 Å². The van der Waals surface area contributed by atoms with Gasteiger partial charge in [-0.1, -0.05) is 6.42 Å². The molecule has 4 rings (SSSR count). The molecule has 26 heavy (non-hydrogen) atoms. The van der Waals surface area contributed by atoms with Gasteiger partial charge in [-0.15, -0.1) is 0 Å². The van der Waals surface area contributed by atoms with Gasteiger partial charge in [-0.25, -0.2) is 4.39 Å². The van der Waals surface area contributed by atoms with Crippen molar-refractivity contribution in [3.05, 3.63) is 30.1 Å². The minimum Gasteiger partial charge on any atom is -0.389 e. The monoisotopic (exact) mass is 362 g/mol. The number of rotatable bonds is 7. The smallest absolute Gasteiger partial charge is 0.123 e. The quantitative estimate of drug-likeness (QED) is 0.809. The molecule has 2 aliphatic carbocycles. The van der Waals surface area contributed by atoms with Crippen molar-refractivity contribution in [2.24, 2.45) is 17.8 Å². The SMILES string of the molecule is O[C@@H](COC[C@H]1C[C@@H]2CC[C@@H]1C2)CN1CCN(c2ccc(F)cc2)CC1. The van der Waals surface area contributed by atoms with Gasteiger partial charge < -0.3 is 14.7 Å². The first-order valence-corrected chi connectivity index (χ1v) is 10.2. The second-order valence-electron chi connectivity index (χ2n) is 8.39. The van der Waals surface area contributed by atoms with Crippen LogP contribution in [0.2, 0.25) is 0 Å². The second-order valence-corrected chi connectivity index (χ2v) is 8.39. The van der Waals surface area contributed by atoms with Crippen LogP contribution < -0.4 is 4.90 Å². The van der Waals surface area contributed by atoms with E-state index in [0.717, 1.165) is 56.2 Å². The van der Waals surface area contributed by atoms with Gasteiger partial charge in [0.2, 0.25) is 0 Å². The summed E-state index contributed by atoms with van der Waals surface area (Å²) in [7, 11) is 0. The van der Waals surface area contributed by atoms with Crippen LogP contribution in [0.3, 0.4) is 0 Å². The molecule has 3 fully saturated rings. The molecule has 1 aliphatic heterocycles. The number of fused-ring (bicyclic) bond motifs is 2. The number of β-amino-alcohol motifs (C(OH)–C–C–N with tert-alkyl or cyclic N) is 1. The van der Waals surface area contributed by atoms with E-state index < -0.39 is 6.10 Å². The highest BCUT2D eigenvalue weighted by atomic mass is 19.1. The minimum absolute atomic E-state index is 0.194. The van der Waals surface area contributed by atoms with Crippen molar-refractivity contribution in [3.63, 3.8) is 0 Å². The fourth-order valence-corrected chi connectivity index (χ4v) is 5.13. The molecule has 1 saturated heterocycles. The van der Waals surface area contributed by atoms with Crippen molar-refractivity contribution in [1.29, 1.82) is 0 Å². The molecule has 2 saturated carbocycles. The molecular formula is C21H31FN2O2. The fourth-order valence-electron chi connectivity index (χ4n) is 5.13. The minimum atomic E-state index is -0.411. The lowest BCUT2D eigenvalue weighted by molar-refractivity contribution is -0.00274. The third kappa shape index (κ3) is 4.38. The number of aliphatic hydroxyl groups excluding tert-OH is 1.